The van der Waals surface area contributed by atoms with E-state index in [4.69, 9.17) is 9.47 Å². The molecule has 1 saturated heterocycles. The zero-order chi connectivity index (χ0) is 15.2. The number of cyclic esters (lactones) is 1. The molecule has 0 spiro atoms. The van der Waals surface area contributed by atoms with E-state index in [-0.39, 0.29) is 11.7 Å². The van der Waals surface area contributed by atoms with Crippen molar-refractivity contribution in [2.45, 2.75) is 38.7 Å². The molecule has 2 N–H and O–H groups in total. The summed E-state index contributed by atoms with van der Waals surface area (Å²) in [6.45, 7) is 2.36. The van der Waals surface area contributed by atoms with Gasteiger partial charge in [0.2, 0.25) is 0 Å². The third kappa shape index (κ3) is 4.11. The van der Waals surface area contributed by atoms with Gasteiger partial charge in [-0.1, -0.05) is 6.07 Å². The Morgan fingerprint density at radius 1 is 1.33 bits per heavy atom. The van der Waals surface area contributed by atoms with Gasteiger partial charge in [0.25, 0.3) is 5.91 Å². The van der Waals surface area contributed by atoms with Crippen molar-refractivity contribution >= 4 is 12.0 Å². The van der Waals surface area contributed by atoms with Crippen LogP contribution in [0.2, 0.25) is 0 Å². The molecule has 1 fully saturated rings. The maximum Gasteiger partial charge on any atom is 0.414 e. The molecule has 1 heterocycles. The number of aryl methyl sites for hydroxylation is 1. The quantitative estimate of drug-likeness (QED) is 0.752. The molecule has 1 aromatic carbocycles. The summed E-state index contributed by atoms with van der Waals surface area (Å²) in [6.07, 6.45) is 1.64. The summed E-state index contributed by atoms with van der Waals surface area (Å²) >= 11 is 0. The number of unbranched alkanes of at least 4 members (excludes halogenated alkanes) is 1. The van der Waals surface area contributed by atoms with E-state index in [0.717, 1.165) is 24.8 Å². The topological polar surface area (TPSA) is 84.9 Å². The van der Waals surface area contributed by atoms with Gasteiger partial charge < -0.3 is 14.6 Å². The Labute approximate surface area is 123 Å². The molecule has 0 aromatic heterocycles. The first-order chi connectivity index (χ1) is 10.1. The highest BCUT2D eigenvalue weighted by Crippen LogP contribution is 2.27. The number of hydrogen-bond acceptors (Lipinski definition) is 5. The number of imide groups is 1. The van der Waals surface area contributed by atoms with Crippen LogP contribution in [0, 0.1) is 0 Å². The lowest BCUT2D eigenvalue weighted by atomic mass is 10.0. The Hall–Kier alpha value is -2.24. The summed E-state index contributed by atoms with van der Waals surface area (Å²) < 4.78 is 10.2. The molecule has 21 heavy (non-hydrogen) atoms. The van der Waals surface area contributed by atoms with Crippen molar-refractivity contribution in [1.82, 2.24) is 5.32 Å². The van der Waals surface area contributed by atoms with Gasteiger partial charge in [0.15, 0.2) is 17.6 Å². The Morgan fingerprint density at radius 3 is 2.81 bits per heavy atom. The minimum Gasteiger partial charge on any atom is -0.504 e. The van der Waals surface area contributed by atoms with Gasteiger partial charge in [0.1, 0.15) is 0 Å². The molecule has 1 aliphatic rings. The Bertz CT molecular complexity index is 529. The van der Waals surface area contributed by atoms with Gasteiger partial charge >= 0.3 is 6.09 Å². The third-order valence-electron chi connectivity index (χ3n) is 3.27. The van der Waals surface area contributed by atoms with Gasteiger partial charge in [0, 0.05) is 0 Å². The fraction of sp³-hybridized carbons (Fsp3) is 0.467. The predicted molar refractivity (Wildman–Crippen MR) is 75.2 cm³/mol. The first-order valence-corrected chi connectivity index (χ1v) is 7.06. The number of carbonyl (C=O) groups excluding carboxylic acids is 2. The number of carbonyl (C=O) groups is 2. The molecule has 0 radical (unpaired) electrons. The molecule has 0 aliphatic carbocycles. The summed E-state index contributed by atoms with van der Waals surface area (Å²) in [7, 11) is 0. The third-order valence-corrected chi connectivity index (χ3v) is 3.27. The molecule has 6 heteroatoms. The fourth-order valence-corrected chi connectivity index (χ4v) is 2.23. The van der Waals surface area contributed by atoms with Gasteiger partial charge in [-0.2, -0.15) is 0 Å². The summed E-state index contributed by atoms with van der Waals surface area (Å²) in [4.78, 5) is 22.2. The monoisotopic (exact) mass is 293 g/mol. The average molecular weight is 293 g/mol. The molecular formula is C15H19NO5. The van der Waals surface area contributed by atoms with E-state index in [1.165, 1.54) is 0 Å². The summed E-state index contributed by atoms with van der Waals surface area (Å²) in [5.41, 5.74) is 1.06. The van der Waals surface area contributed by atoms with Crippen LogP contribution >= 0.6 is 0 Å². The van der Waals surface area contributed by atoms with Crippen LogP contribution in [0.25, 0.3) is 0 Å². The molecule has 6 nitrogen and oxygen atoms in total. The van der Waals surface area contributed by atoms with Crippen molar-refractivity contribution in [3.63, 3.8) is 0 Å². The van der Waals surface area contributed by atoms with Crippen LogP contribution in [0.3, 0.4) is 0 Å². The molecule has 1 aliphatic heterocycles. The number of benzene rings is 1. The number of ether oxygens (including phenoxy) is 2. The van der Waals surface area contributed by atoms with Crippen molar-refractivity contribution in [2.24, 2.45) is 0 Å². The number of phenols is 1. The number of amides is 2. The number of phenolic OH excluding ortho intramolecular Hbond substituents is 1. The fourth-order valence-electron chi connectivity index (χ4n) is 2.23. The van der Waals surface area contributed by atoms with Crippen LogP contribution in [0.15, 0.2) is 18.2 Å². The first kappa shape index (κ1) is 15.2. The lowest BCUT2D eigenvalue weighted by Gasteiger charge is -2.09. The Morgan fingerprint density at radius 2 is 2.14 bits per heavy atom. The van der Waals surface area contributed by atoms with Crippen molar-refractivity contribution in [1.29, 1.82) is 0 Å². The zero-order valence-electron chi connectivity index (χ0n) is 11.9. The van der Waals surface area contributed by atoms with E-state index < -0.39 is 12.2 Å². The van der Waals surface area contributed by atoms with Crippen molar-refractivity contribution in [3.8, 4) is 11.5 Å². The molecule has 1 atom stereocenters. The van der Waals surface area contributed by atoms with Crippen LogP contribution in [0.5, 0.6) is 11.5 Å². The van der Waals surface area contributed by atoms with Crippen molar-refractivity contribution in [2.75, 3.05) is 6.61 Å². The molecular weight excluding hydrogens is 274 g/mol. The molecule has 1 unspecified atom stereocenters. The van der Waals surface area contributed by atoms with E-state index in [1.807, 2.05) is 19.1 Å². The van der Waals surface area contributed by atoms with E-state index in [2.05, 4.69) is 5.32 Å². The Balaban J connectivity index is 1.77. The van der Waals surface area contributed by atoms with E-state index in [9.17, 15) is 14.7 Å². The minimum absolute atomic E-state index is 0.134. The standard InChI is InChI=1S/C15H19NO5/c1-2-20-13-9-10(7-8-11(13)17)5-3-4-6-12-14(18)16-15(19)21-12/h7-9,12,17H,2-6H2,1H3,(H,16,18,19). The lowest BCUT2D eigenvalue weighted by Crippen LogP contribution is -2.24. The largest absolute Gasteiger partial charge is 0.504 e. The smallest absolute Gasteiger partial charge is 0.414 e. The van der Waals surface area contributed by atoms with Crippen molar-refractivity contribution < 1.29 is 24.2 Å². The molecule has 0 saturated carbocycles. The number of rotatable bonds is 7. The summed E-state index contributed by atoms with van der Waals surface area (Å²) in [6, 6.07) is 5.29. The average Bonchev–Trinajstić information content (AvgIpc) is 2.77. The highest BCUT2D eigenvalue weighted by molar-refractivity contribution is 5.99. The number of hydrogen-bond donors (Lipinski definition) is 2. The van der Waals surface area contributed by atoms with Crippen LogP contribution in [-0.4, -0.2) is 29.8 Å². The summed E-state index contributed by atoms with van der Waals surface area (Å²) in [5, 5.41) is 11.7. The molecule has 1 aromatic rings. The second-order valence-corrected chi connectivity index (χ2v) is 4.86. The highest BCUT2D eigenvalue weighted by atomic mass is 16.6. The molecule has 2 rings (SSSR count). The SMILES string of the molecule is CCOc1cc(CCCCC2OC(=O)NC2=O)ccc1O. The molecule has 114 valence electrons. The van der Waals surface area contributed by atoms with Gasteiger partial charge in [-0.15, -0.1) is 0 Å². The van der Waals surface area contributed by atoms with Crippen LogP contribution in [0.1, 0.15) is 31.7 Å². The second-order valence-electron chi connectivity index (χ2n) is 4.86. The van der Waals surface area contributed by atoms with Gasteiger partial charge in [-0.25, -0.2) is 4.79 Å². The van der Waals surface area contributed by atoms with E-state index in [1.54, 1.807) is 6.07 Å². The summed E-state index contributed by atoms with van der Waals surface area (Å²) in [5.74, 6) is 0.262. The number of alkyl carbamates (subject to hydrolysis) is 1. The number of nitrogens with one attached hydrogen (secondary N) is 1. The van der Waals surface area contributed by atoms with Gasteiger partial charge in [-0.3, -0.25) is 10.1 Å². The van der Waals surface area contributed by atoms with Crippen molar-refractivity contribution in [3.05, 3.63) is 23.8 Å². The van der Waals surface area contributed by atoms with Crippen LogP contribution in [0.4, 0.5) is 4.79 Å². The second kappa shape index (κ2) is 6.97. The Kier molecular flexibility index (Phi) is 5.03. The highest BCUT2D eigenvalue weighted by Gasteiger charge is 2.31. The maximum absolute atomic E-state index is 11.3. The van der Waals surface area contributed by atoms with Crippen LogP contribution in [-0.2, 0) is 16.0 Å². The minimum atomic E-state index is -0.662. The van der Waals surface area contributed by atoms with Crippen LogP contribution < -0.4 is 10.1 Å². The van der Waals surface area contributed by atoms with E-state index >= 15 is 0 Å². The maximum atomic E-state index is 11.3. The van der Waals surface area contributed by atoms with Gasteiger partial charge in [0.05, 0.1) is 6.61 Å². The lowest BCUT2D eigenvalue weighted by molar-refractivity contribution is -0.123. The van der Waals surface area contributed by atoms with E-state index in [0.29, 0.717) is 18.8 Å². The zero-order valence-corrected chi connectivity index (χ0v) is 11.9. The molecule has 0 bridgehead atoms. The predicted octanol–water partition coefficient (Wildman–Crippen LogP) is 2.14. The normalized spacial score (nSPS) is 17.5. The first-order valence-electron chi connectivity index (χ1n) is 7.06. The van der Waals surface area contributed by atoms with Gasteiger partial charge in [-0.05, 0) is 50.3 Å². The molecule has 2 amide bonds. The number of aromatic hydroxyl groups is 1.